The monoisotopic (exact) mass is 450 g/mol. The molecule has 1 heterocycles. The number of nitrogens with zero attached hydrogens (tertiary/aromatic N) is 2. The van der Waals surface area contributed by atoms with Crippen LogP contribution in [0.15, 0.2) is 60.7 Å². The molecule has 0 radical (unpaired) electrons. The number of ether oxygens (including phenoxy) is 1. The Balaban J connectivity index is 1.85. The third kappa shape index (κ3) is 3.85. The molecule has 3 nitrogen and oxygen atoms in total. The van der Waals surface area contributed by atoms with Gasteiger partial charge in [0.2, 0.25) is 0 Å². The van der Waals surface area contributed by atoms with Crippen molar-refractivity contribution >= 4 is 34.2 Å². The molecule has 8 heteroatoms. The first-order valence-electron chi connectivity index (χ1n) is 8.92. The maximum atomic E-state index is 13.0. The van der Waals surface area contributed by atoms with Crippen LogP contribution in [0, 0.1) is 0 Å². The standard InChI is InChI=1S/C22H15Cl2F3N2O/c1-30-16-8-2-13(3-9-16)12-29-18-11-10-17(23)19(24)20(18)28-21(29)14-4-6-15(7-5-14)22(25,26)27/h2-11H,12H2,1H3. The zero-order valence-electron chi connectivity index (χ0n) is 15.7. The highest BCUT2D eigenvalue weighted by Gasteiger charge is 2.30. The molecule has 0 aliphatic heterocycles. The van der Waals surface area contributed by atoms with Gasteiger partial charge in [0.1, 0.15) is 17.1 Å². The number of rotatable bonds is 4. The minimum atomic E-state index is -4.40. The van der Waals surface area contributed by atoms with E-state index in [0.29, 0.717) is 33.5 Å². The molecule has 0 saturated carbocycles. The molecule has 0 saturated heterocycles. The Kier molecular flexibility index (Phi) is 5.38. The second kappa shape index (κ2) is 7.85. The largest absolute Gasteiger partial charge is 0.497 e. The van der Waals surface area contributed by atoms with E-state index in [2.05, 4.69) is 4.98 Å². The van der Waals surface area contributed by atoms with Gasteiger partial charge in [-0.05, 0) is 42.0 Å². The topological polar surface area (TPSA) is 27.1 Å². The van der Waals surface area contributed by atoms with E-state index in [-0.39, 0.29) is 0 Å². The van der Waals surface area contributed by atoms with Crippen molar-refractivity contribution < 1.29 is 17.9 Å². The average molecular weight is 451 g/mol. The van der Waals surface area contributed by atoms with Gasteiger partial charge in [-0.25, -0.2) is 4.98 Å². The number of aromatic nitrogens is 2. The summed E-state index contributed by atoms with van der Waals surface area (Å²) in [5.74, 6) is 1.23. The van der Waals surface area contributed by atoms with Crippen molar-refractivity contribution in [2.75, 3.05) is 7.11 Å². The Hall–Kier alpha value is -2.70. The lowest BCUT2D eigenvalue weighted by Crippen LogP contribution is -2.05. The molecule has 154 valence electrons. The van der Waals surface area contributed by atoms with Gasteiger partial charge in [-0.1, -0.05) is 47.5 Å². The SMILES string of the molecule is COc1ccc(Cn2c(-c3ccc(C(F)(F)F)cc3)nc3c(Cl)c(Cl)ccc32)cc1. The van der Waals surface area contributed by atoms with Crippen LogP contribution in [0.4, 0.5) is 13.2 Å². The first-order chi connectivity index (χ1) is 14.3. The molecule has 4 aromatic rings. The number of benzene rings is 3. The van der Waals surface area contributed by atoms with Gasteiger partial charge in [-0.2, -0.15) is 13.2 Å². The zero-order valence-corrected chi connectivity index (χ0v) is 17.2. The van der Waals surface area contributed by atoms with Crippen molar-refractivity contribution in [2.45, 2.75) is 12.7 Å². The minimum Gasteiger partial charge on any atom is -0.497 e. The number of imidazole rings is 1. The smallest absolute Gasteiger partial charge is 0.416 e. The maximum Gasteiger partial charge on any atom is 0.416 e. The van der Waals surface area contributed by atoms with Crippen molar-refractivity contribution in [3.63, 3.8) is 0 Å². The fourth-order valence-electron chi connectivity index (χ4n) is 3.24. The Bertz CT molecular complexity index is 1200. The molecular weight excluding hydrogens is 436 g/mol. The molecule has 3 aromatic carbocycles. The maximum absolute atomic E-state index is 13.0. The summed E-state index contributed by atoms with van der Waals surface area (Å²) in [6, 6.07) is 15.9. The van der Waals surface area contributed by atoms with Crippen LogP contribution in [-0.4, -0.2) is 16.7 Å². The van der Waals surface area contributed by atoms with E-state index >= 15 is 0 Å². The fraction of sp³-hybridized carbons (Fsp3) is 0.136. The second-order valence-electron chi connectivity index (χ2n) is 6.67. The van der Waals surface area contributed by atoms with Gasteiger partial charge >= 0.3 is 6.18 Å². The van der Waals surface area contributed by atoms with E-state index in [4.69, 9.17) is 27.9 Å². The highest BCUT2D eigenvalue weighted by Crippen LogP contribution is 2.35. The van der Waals surface area contributed by atoms with Crippen molar-refractivity contribution in [2.24, 2.45) is 0 Å². The number of halogens is 5. The lowest BCUT2D eigenvalue weighted by Gasteiger charge is -2.12. The summed E-state index contributed by atoms with van der Waals surface area (Å²) in [6.07, 6.45) is -4.40. The van der Waals surface area contributed by atoms with Crippen molar-refractivity contribution in [3.05, 3.63) is 81.8 Å². The molecule has 0 aliphatic rings. The molecule has 0 amide bonds. The van der Waals surface area contributed by atoms with Gasteiger partial charge in [0.25, 0.3) is 0 Å². The van der Waals surface area contributed by atoms with E-state index in [1.165, 1.54) is 12.1 Å². The minimum absolute atomic E-state index is 0.302. The van der Waals surface area contributed by atoms with Gasteiger partial charge in [0, 0.05) is 12.1 Å². The first-order valence-corrected chi connectivity index (χ1v) is 9.68. The van der Waals surface area contributed by atoms with Crippen LogP contribution in [0.5, 0.6) is 5.75 Å². The Morgan fingerprint density at radius 1 is 0.933 bits per heavy atom. The van der Waals surface area contributed by atoms with Crippen LogP contribution < -0.4 is 4.74 Å². The van der Waals surface area contributed by atoms with Gasteiger partial charge in [0.15, 0.2) is 0 Å². The normalized spacial score (nSPS) is 11.8. The molecular formula is C22H15Cl2F3N2O. The van der Waals surface area contributed by atoms with Crippen molar-refractivity contribution in [1.29, 1.82) is 0 Å². The lowest BCUT2D eigenvalue weighted by molar-refractivity contribution is -0.137. The van der Waals surface area contributed by atoms with Crippen LogP contribution in [0.2, 0.25) is 10.0 Å². The lowest BCUT2D eigenvalue weighted by atomic mass is 10.1. The number of alkyl halides is 3. The summed E-state index contributed by atoms with van der Waals surface area (Å²) in [7, 11) is 1.59. The summed E-state index contributed by atoms with van der Waals surface area (Å²) in [6.45, 7) is 0.439. The Morgan fingerprint density at radius 3 is 2.20 bits per heavy atom. The van der Waals surface area contributed by atoms with Gasteiger partial charge in [0.05, 0.1) is 28.2 Å². The van der Waals surface area contributed by atoms with Gasteiger partial charge in [-0.3, -0.25) is 0 Å². The molecule has 0 unspecified atom stereocenters. The molecule has 0 aliphatic carbocycles. The van der Waals surface area contributed by atoms with Crippen LogP contribution in [0.25, 0.3) is 22.4 Å². The van der Waals surface area contributed by atoms with E-state index in [9.17, 15) is 13.2 Å². The first kappa shape index (κ1) is 20.6. The zero-order chi connectivity index (χ0) is 21.5. The van der Waals surface area contributed by atoms with Crippen LogP contribution in [-0.2, 0) is 12.7 Å². The Labute approximate surface area is 180 Å². The molecule has 0 fully saturated rings. The molecule has 30 heavy (non-hydrogen) atoms. The summed E-state index contributed by atoms with van der Waals surface area (Å²) >= 11 is 12.5. The molecule has 0 spiro atoms. The van der Waals surface area contributed by atoms with Gasteiger partial charge in [-0.15, -0.1) is 0 Å². The van der Waals surface area contributed by atoms with Crippen molar-refractivity contribution in [3.8, 4) is 17.1 Å². The number of hydrogen-bond donors (Lipinski definition) is 0. The second-order valence-corrected chi connectivity index (χ2v) is 7.46. The number of methoxy groups -OCH3 is 1. The van der Waals surface area contributed by atoms with Crippen LogP contribution in [0.3, 0.4) is 0 Å². The van der Waals surface area contributed by atoms with E-state index in [1.54, 1.807) is 19.2 Å². The quantitative estimate of drug-likeness (QED) is 0.331. The van der Waals surface area contributed by atoms with Crippen LogP contribution >= 0.6 is 23.2 Å². The highest BCUT2D eigenvalue weighted by molar-refractivity contribution is 6.45. The molecule has 0 bridgehead atoms. The van der Waals surface area contributed by atoms with Gasteiger partial charge < -0.3 is 9.30 Å². The summed E-state index contributed by atoms with van der Waals surface area (Å²) in [4.78, 5) is 4.61. The predicted molar refractivity (Wildman–Crippen MR) is 112 cm³/mol. The van der Waals surface area contributed by atoms with E-state index in [0.717, 1.165) is 29.0 Å². The molecule has 0 N–H and O–H groups in total. The molecule has 0 atom stereocenters. The molecule has 1 aromatic heterocycles. The van der Waals surface area contributed by atoms with E-state index in [1.807, 2.05) is 28.8 Å². The van der Waals surface area contributed by atoms with E-state index < -0.39 is 11.7 Å². The summed E-state index contributed by atoms with van der Waals surface area (Å²) < 4.78 is 46.0. The average Bonchev–Trinajstić information content (AvgIpc) is 3.10. The number of fused-ring (bicyclic) bond motifs is 1. The highest BCUT2D eigenvalue weighted by atomic mass is 35.5. The summed E-state index contributed by atoms with van der Waals surface area (Å²) in [5, 5.41) is 0.660. The third-order valence-electron chi connectivity index (χ3n) is 4.78. The third-order valence-corrected chi connectivity index (χ3v) is 5.58. The van der Waals surface area contributed by atoms with Crippen molar-refractivity contribution in [1.82, 2.24) is 9.55 Å². The Morgan fingerprint density at radius 2 is 1.60 bits per heavy atom. The van der Waals surface area contributed by atoms with Crippen LogP contribution in [0.1, 0.15) is 11.1 Å². The molecule has 4 rings (SSSR count). The fourth-order valence-corrected chi connectivity index (χ4v) is 3.59. The summed E-state index contributed by atoms with van der Waals surface area (Å²) in [5.41, 5.74) is 2.02. The number of hydrogen-bond acceptors (Lipinski definition) is 2. The predicted octanol–water partition coefficient (Wildman–Crippen LogP) is 7.09.